The second-order valence-corrected chi connectivity index (χ2v) is 6.56. The number of amides is 2. The molecule has 1 aromatic rings. The third-order valence-electron chi connectivity index (χ3n) is 4.64. The van der Waals surface area contributed by atoms with Crippen LogP contribution in [0.1, 0.15) is 32.3 Å². The van der Waals surface area contributed by atoms with Crippen molar-refractivity contribution in [2.24, 2.45) is 5.73 Å². The van der Waals surface area contributed by atoms with E-state index in [-0.39, 0.29) is 11.8 Å². The van der Waals surface area contributed by atoms with Gasteiger partial charge in [-0.05, 0) is 24.5 Å². The largest absolute Gasteiger partial charge is 0.339 e. The Bertz CT molecular complexity index is 583. The number of anilines is 1. The van der Waals surface area contributed by atoms with Gasteiger partial charge in [-0.15, -0.1) is 0 Å². The van der Waals surface area contributed by atoms with Crippen LogP contribution in [0.4, 0.5) is 5.69 Å². The van der Waals surface area contributed by atoms with E-state index >= 15 is 0 Å². The van der Waals surface area contributed by atoms with Crippen LogP contribution in [0.2, 0.25) is 0 Å². The maximum Gasteiger partial charge on any atom is 0.239 e. The second kappa shape index (κ2) is 9.53. The molecule has 1 aromatic carbocycles. The monoisotopic (exact) mass is 346 g/mol. The quantitative estimate of drug-likeness (QED) is 0.783. The fourth-order valence-electron chi connectivity index (χ4n) is 3.14. The number of nitrogens with two attached hydrogens (primary N) is 1. The van der Waals surface area contributed by atoms with E-state index in [2.05, 4.69) is 17.1 Å². The van der Waals surface area contributed by atoms with Crippen molar-refractivity contribution in [3.63, 3.8) is 0 Å². The second-order valence-electron chi connectivity index (χ2n) is 6.56. The molecule has 0 radical (unpaired) electrons. The summed E-state index contributed by atoms with van der Waals surface area (Å²) in [7, 11) is 0. The van der Waals surface area contributed by atoms with Crippen molar-refractivity contribution in [2.45, 2.75) is 39.2 Å². The smallest absolute Gasteiger partial charge is 0.239 e. The number of rotatable bonds is 7. The van der Waals surface area contributed by atoms with E-state index < -0.39 is 6.04 Å². The van der Waals surface area contributed by atoms with Gasteiger partial charge in [0.05, 0.1) is 12.6 Å². The highest BCUT2D eigenvalue weighted by molar-refractivity contribution is 5.93. The van der Waals surface area contributed by atoms with Crippen molar-refractivity contribution >= 4 is 17.5 Å². The van der Waals surface area contributed by atoms with Gasteiger partial charge in [-0.2, -0.15) is 0 Å². The Balaban J connectivity index is 1.79. The van der Waals surface area contributed by atoms with Gasteiger partial charge in [0.25, 0.3) is 0 Å². The van der Waals surface area contributed by atoms with Gasteiger partial charge in [-0.25, -0.2) is 0 Å². The molecule has 3 N–H and O–H groups in total. The van der Waals surface area contributed by atoms with Crippen molar-refractivity contribution in [3.8, 4) is 0 Å². The lowest BCUT2D eigenvalue weighted by molar-refractivity contribution is -0.134. The first-order valence-corrected chi connectivity index (χ1v) is 9.19. The van der Waals surface area contributed by atoms with E-state index in [9.17, 15) is 9.59 Å². The lowest BCUT2D eigenvalue weighted by Crippen LogP contribution is -2.54. The summed E-state index contributed by atoms with van der Waals surface area (Å²) in [5, 5.41) is 3.00. The molecule has 1 atom stereocenters. The fraction of sp³-hybridized carbons (Fsp3) is 0.579. The molecule has 0 bridgehead atoms. The molecule has 1 aliphatic heterocycles. The van der Waals surface area contributed by atoms with Crippen LogP contribution in [0.5, 0.6) is 0 Å². The van der Waals surface area contributed by atoms with E-state index in [0.717, 1.165) is 30.5 Å². The molecule has 0 saturated carbocycles. The first-order chi connectivity index (χ1) is 12.0. The van der Waals surface area contributed by atoms with Crippen LogP contribution in [0.25, 0.3) is 0 Å². The van der Waals surface area contributed by atoms with Crippen molar-refractivity contribution in [2.75, 3.05) is 38.0 Å². The van der Waals surface area contributed by atoms with E-state index in [0.29, 0.717) is 32.7 Å². The lowest BCUT2D eigenvalue weighted by Gasteiger charge is -2.35. The molecular formula is C19H30N4O2. The molecule has 1 aliphatic rings. The SMILES string of the molecule is CCCC(N)C(=O)N1CCN(CC(=O)Nc2ccccc2CC)CC1. The van der Waals surface area contributed by atoms with Crippen molar-refractivity contribution in [1.29, 1.82) is 0 Å². The highest BCUT2D eigenvalue weighted by atomic mass is 16.2. The Morgan fingerprint density at radius 3 is 2.48 bits per heavy atom. The molecule has 1 saturated heterocycles. The van der Waals surface area contributed by atoms with Gasteiger partial charge < -0.3 is 16.0 Å². The number of hydrogen-bond donors (Lipinski definition) is 2. The molecular weight excluding hydrogens is 316 g/mol. The van der Waals surface area contributed by atoms with Gasteiger partial charge in [0.1, 0.15) is 0 Å². The molecule has 6 nitrogen and oxygen atoms in total. The standard InChI is InChI=1S/C19H30N4O2/c1-3-7-16(20)19(25)23-12-10-22(11-13-23)14-18(24)21-17-9-6-5-8-15(17)4-2/h5-6,8-9,16H,3-4,7,10-14,20H2,1-2H3,(H,21,24). The first kappa shape index (κ1) is 19.4. The van der Waals surface area contributed by atoms with E-state index in [1.54, 1.807) is 0 Å². The van der Waals surface area contributed by atoms with Gasteiger partial charge in [-0.1, -0.05) is 38.5 Å². The van der Waals surface area contributed by atoms with Gasteiger partial charge in [0.15, 0.2) is 0 Å². The molecule has 1 unspecified atom stereocenters. The molecule has 1 heterocycles. The lowest BCUT2D eigenvalue weighted by atomic mass is 10.1. The summed E-state index contributed by atoms with van der Waals surface area (Å²) in [5.74, 6) is 0.0196. The molecule has 1 fully saturated rings. The van der Waals surface area contributed by atoms with Crippen LogP contribution in [-0.2, 0) is 16.0 Å². The normalized spacial score (nSPS) is 16.5. The molecule has 25 heavy (non-hydrogen) atoms. The molecule has 2 rings (SSSR count). The number of nitrogens with one attached hydrogen (secondary N) is 1. The Morgan fingerprint density at radius 1 is 1.16 bits per heavy atom. The highest BCUT2D eigenvalue weighted by Crippen LogP contribution is 2.15. The number of carbonyl (C=O) groups is 2. The number of para-hydroxylation sites is 1. The number of carbonyl (C=O) groups excluding carboxylic acids is 2. The summed E-state index contributed by atoms with van der Waals surface area (Å²) in [6.45, 7) is 7.12. The van der Waals surface area contributed by atoms with Crippen LogP contribution >= 0.6 is 0 Å². The Labute approximate surface area is 150 Å². The molecule has 0 aliphatic carbocycles. The van der Waals surface area contributed by atoms with Gasteiger partial charge in [0, 0.05) is 31.9 Å². The maximum atomic E-state index is 12.3. The number of nitrogens with zero attached hydrogens (tertiary/aromatic N) is 2. The average Bonchev–Trinajstić information content (AvgIpc) is 2.62. The molecule has 0 spiro atoms. The van der Waals surface area contributed by atoms with Crippen LogP contribution < -0.4 is 11.1 Å². The first-order valence-electron chi connectivity index (χ1n) is 9.19. The van der Waals surface area contributed by atoms with Crippen molar-refractivity contribution in [3.05, 3.63) is 29.8 Å². The number of hydrogen-bond acceptors (Lipinski definition) is 4. The van der Waals surface area contributed by atoms with Crippen molar-refractivity contribution in [1.82, 2.24) is 9.80 Å². The van der Waals surface area contributed by atoms with Gasteiger partial charge in [0.2, 0.25) is 11.8 Å². The zero-order chi connectivity index (χ0) is 18.2. The Hall–Kier alpha value is -1.92. The summed E-state index contributed by atoms with van der Waals surface area (Å²) in [5.41, 5.74) is 7.94. The Kier molecular flexibility index (Phi) is 7.40. The summed E-state index contributed by atoms with van der Waals surface area (Å²) >= 11 is 0. The molecule has 138 valence electrons. The van der Waals surface area contributed by atoms with E-state index in [1.165, 1.54) is 0 Å². The summed E-state index contributed by atoms with van der Waals surface area (Å²) in [6, 6.07) is 7.47. The summed E-state index contributed by atoms with van der Waals surface area (Å²) in [4.78, 5) is 28.4. The van der Waals surface area contributed by atoms with Crippen LogP contribution in [0.3, 0.4) is 0 Å². The fourth-order valence-corrected chi connectivity index (χ4v) is 3.14. The zero-order valence-electron chi connectivity index (χ0n) is 15.3. The summed E-state index contributed by atoms with van der Waals surface area (Å²) in [6.07, 6.45) is 2.51. The van der Waals surface area contributed by atoms with Gasteiger partial charge >= 0.3 is 0 Å². The third kappa shape index (κ3) is 5.54. The maximum absolute atomic E-state index is 12.3. The molecule has 0 aromatic heterocycles. The average molecular weight is 346 g/mol. The predicted molar refractivity (Wildman–Crippen MR) is 100 cm³/mol. The molecule has 2 amide bonds. The number of benzene rings is 1. The van der Waals surface area contributed by atoms with E-state index in [1.807, 2.05) is 36.1 Å². The number of aryl methyl sites for hydroxylation is 1. The summed E-state index contributed by atoms with van der Waals surface area (Å²) < 4.78 is 0. The van der Waals surface area contributed by atoms with Crippen LogP contribution in [0.15, 0.2) is 24.3 Å². The van der Waals surface area contributed by atoms with E-state index in [4.69, 9.17) is 5.73 Å². The van der Waals surface area contributed by atoms with Crippen LogP contribution in [-0.4, -0.2) is 60.4 Å². The Morgan fingerprint density at radius 2 is 1.84 bits per heavy atom. The minimum Gasteiger partial charge on any atom is -0.339 e. The minimum absolute atomic E-state index is 0.0108. The molecule has 6 heteroatoms. The van der Waals surface area contributed by atoms with Crippen molar-refractivity contribution < 1.29 is 9.59 Å². The third-order valence-corrected chi connectivity index (χ3v) is 4.64. The van der Waals surface area contributed by atoms with Crippen LogP contribution in [0, 0.1) is 0 Å². The minimum atomic E-state index is -0.398. The highest BCUT2D eigenvalue weighted by Gasteiger charge is 2.25. The van der Waals surface area contributed by atoms with Gasteiger partial charge in [-0.3, -0.25) is 14.5 Å². The topological polar surface area (TPSA) is 78.7 Å². The number of piperazine rings is 1. The predicted octanol–water partition coefficient (Wildman–Crippen LogP) is 1.46. The zero-order valence-corrected chi connectivity index (χ0v) is 15.3.